The highest BCUT2D eigenvalue weighted by atomic mass is 35.5. The monoisotopic (exact) mass is 277 g/mol. The zero-order valence-corrected chi connectivity index (χ0v) is 11.7. The van der Waals surface area contributed by atoms with Gasteiger partial charge in [-0.3, -0.25) is 0 Å². The zero-order chi connectivity index (χ0) is 13.7. The Morgan fingerprint density at radius 3 is 2.63 bits per heavy atom. The van der Waals surface area contributed by atoms with Crippen LogP contribution in [0.5, 0.6) is 0 Å². The molecule has 0 aliphatic rings. The van der Waals surface area contributed by atoms with Gasteiger partial charge in [-0.15, -0.1) is 10.2 Å². The number of rotatable bonds is 5. The number of nitrogens with one attached hydrogen (secondary N) is 1. The van der Waals surface area contributed by atoms with Crippen molar-refractivity contribution in [3.05, 3.63) is 35.5 Å². The van der Waals surface area contributed by atoms with Gasteiger partial charge in [-0.1, -0.05) is 17.7 Å². The van der Waals surface area contributed by atoms with Crippen LogP contribution in [0.2, 0.25) is 5.02 Å². The second-order valence-electron chi connectivity index (χ2n) is 3.94. The Hall–Kier alpha value is -1.88. The normalized spacial score (nSPS) is 10.3. The minimum absolute atomic E-state index is 0.622. The van der Waals surface area contributed by atoms with E-state index in [1.807, 2.05) is 18.2 Å². The van der Waals surface area contributed by atoms with Crippen molar-refractivity contribution in [2.24, 2.45) is 0 Å². The summed E-state index contributed by atoms with van der Waals surface area (Å²) in [6.07, 6.45) is 1.59. The maximum atomic E-state index is 6.28. The highest BCUT2D eigenvalue weighted by Gasteiger charge is 2.12. The first kappa shape index (κ1) is 13.5. The second kappa shape index (κ2) is 6.33. The molecule has 0 radical (unpaired) electrons. The fraction of sp³-hybridized carbons (Fsp3) is 0.308. The number of anilines is 3. The lowest BCUT2D eigenvalue weighted by atomic mass is 10.2. The largest absolute Gasteiger partial charge is 0.370 e. The first-order chi connectivity index (χ1) is 9.26. The van der Waals surface area contributed by atoms with E-state index in [2.05, 4.69) is 39.5 Å². The van der Waals surface area contributed by atoms with E-state index >= 15 is 0 Å². The molecule has 1 heterocycles. The van der Waals surface area contributed by atoms with Gasteiger partial charge in [0.05, 0.1) is 22.6 Å². The molecule has 2 rings (SSSR count). The van der Waals surface area contributed by atoms with Crippen molar-refractivity contribution in [2.45, 2.75) is 13.8 Å². The Labute approximate surface area is 117 Å². The highest BCUT2D eigenvalue weighted by molar-refractivity contribution is 6.34. The van der Waals surface area contributed by atoms with Gasteiger partial charge in [0.25, 0.3) is 0 Å². The molecule has 0 spiro atoms. The predicted octanol–water partition coefficient (Wildman–Crippen LogP) is 3.11. The van der Waals surface area contributed by atoms with E-state index in [1.54, 1.807) is 12.3 Å². The highest BCUT2D eigenvalue weighted by Crippen LogP contribution is 2.34. The fourth-order valence-corrected chi connectivity index (χ4v) is 2.12. The number of hydrogen-bond acceptors (Lipinski definition) is 5. The van der Waals surface area contributed by atoms with Crippen LogP contribution in [0.1, 0.15) is 13.8 Å². The third-order valence-electron chi connectivity index (χ3n) is 2.85. The van der Waals surface area contributed by atoms with Gasteiger partial charge in [0.2, 0.25) is 0 Å². The molecule has 100 valence electrons. The van der Waals surface area contributed by atoms with Crippen LogP contribution >= 0.6 is 11.6 Å². The lowest BCUT2D eigenvalue weighted by molar-refractivity contribution is 0.862. The minimum atomic E-state index is 0.622. The fourth-order valence-electron chi connectivity index (χ4n) is 1.90. The van der Waals surface area contributed by atoms with Crippen LogP contribution < -0.4 is 10.2 Å². The van der Waals surface area contributed by atoms with Crippen LogP contribution in [0.25, 0.3) is 0 Å². The summed E-state index contributed by atoms with van der Waals surface area (Å²) < 4.78 is 0. The Morgan fingerprint density at radius 2 is 2.00 bits per heavy atom. The topological polar surface area (TPSA) is 53.9 Å². The molecule has 5 nitrogen and oxygen atoms in total. The van der Waals surface area contributed by atoms with E-state index in [0.717, 1.165) is 24.5 Å². The second-order valence-corrected chi connectivity index (χ2v) is 4.34. The number of para-hydroxylation sites is 1. The first-order valence-corrected chi connectivity index (χ1v) is 6.59. The van der Waals surface area contributed by atoms with Crippen molar-refractivity contribution in [1.29, 1.82) is 0 Å². The number of halogens is 1. The van der Waals surface area contributed by atoms with E-state index in [1.165, 1.54) is 0 Å². The first-order valence-electron chi connectivity index (χ1n) is 6.21. The van der Waals surface area contributed by atoms with E-state index in [-0.39, 0.29) is 0 Å². The van der Waals surface area contributed by atoms with Gasteiger partial charge in [0.15, 0.2) is 5.82 Å². The van der Waals surface area contributed by atoms with E-state index in [9.17, 15) is 0 Å². The zero-order valence-electron chi connectivity index (χ0n) is 11.0. The molecular weight excluding hydrogens is 262 g/mol. The molecule has 0 amide bonds. The van der Waals surface area contributed by atoms with Gasteiger partial charge in [-0.25, -0.2) is 0 Å². The average Bonchev–Trinajstić information content (AvgIpc) is 2.45. The minimum Gasteiger partial charge on any atom is -0.370 e. The SMILES string of the molecule is CCN(CC)c1cccc(Cl)c1Nc1ccnnn1. The molecule has 1 N–H and O–H groups in total. The molecule has 6 heteroatoms. The van der Waals surface area contributed by atoms with Crippen molar-refractivity contribution in [3.8, 4) is 0 Å². The summed E-state index contributed by atoms with van der Waals surface area (Å²) >= 11 is 6.28. The van der Waals surface area contributed by atoms with Crippen molar-refractivity contribution >= 4 is 28.8 Å². The number of hydrogen-bond donors (Lipinski definition) is 1. The predicted molar refractivity (Wildman–Crippen MR) is 78.1 cm³/mol. The van der Waals surface area contributed by atoms with Gasteiger partial charge < -0.3 is 10.2 Å². The molecule has 19 heavy (non-hydrogen) atoms. The maximum Gasteiger partial charge on any atom is 0.156 e. The lowest BCUT2D eigenvalue weighted by Gasteiger charge is -2.24. The third kappa shape index (κ3) is 3.12. The summed E-state index contributed by atoms with van der Waals surface area (Å²) in [6.45, 7) is 6.04. The van der Waals surface area contributed by atoms with Crippen LogP contribution in [-0.2, 0) is 0 Å². The van der Waals surface area contributed by atoms with Crippen molar-refractivity contribution in [3.63, 3.8) is 0 Å². The van der Waals surface area contributed by atoms with Crippen LogP contribution in [0.15, 0.2) is 30.5 Å². The Kier molecular flexibility index (Phi) is 4.52. The number of benzene rings is 1. The van der Waals surface area contributed by atoms with E-state index in [4.69, 9.17) is 11.6 Å². The summed E-state index contributed by atoms with van der Waals surface area (Å²) in [5, 5.41) is 15.0. The molecule has 2 aromatic rings. The van der Waals surface area contributed by atoms with Crippen LogP contribution in [0.4, 0.5) is 17.2 Å². The van der Waals surface area contributed by atoms with Crippen molar-refractivity contribution < 1.29 is 0 Å². The van der Waals surface area contributed by atoms with Gasteiger partial charge in [0.1, 0.15) is 0 Å². The molecule has 0 aliphatic carbocycles. The van der Waals surface area contributed by atoms with Gasteiger partial charge in [-0.05, 0) is 31.2 Å². The van der Waals surface area contributed by atoms with Crippen LogP contribution in [-0.4, -0.2) is 28.5 Å². The smallest absolute Gasteiger partial charge is 0.156 e. The number of aromatic nitrogens is 3. The molecule has 1 aromatic heterocycles. The molecule has 0 atom stereocenters. The molecule has 0 saturated carbocycles. The van der Waals surface area contributed by atoms with E-state index < -0.39 is 0 Å². The molecular formula is C13H16ClN5. The molecule has 0 bridgehead atoms. The summed E-state index contributed by atoms with van der Waals surface area (Å²) in [5.74, 6) is 0.622. The average molecular weight is 278 g/mol. The van der Waals surface area contributed by atoms with Crippen LogP contribution in [0.3, 0.4) is 0 Å². The Balaban J connectivity index is 2.38. The summed E-state index contributed by atoms with van der Waals surface area (Å²) in [5.41, 5.74) is 1.89. The molecule has 1 aromatic carbocycles. The van der Waals surface area contributed by atoms with Crippen molar-refractivity contribution in [2.75, 3.05) is 23.3 Å². The van der Waals surface area contributed by atoms with Gasteiger partial charge >= 0.3 is 0 Å². The number of nitrogens with zero attached hydrogens (tertiary/aromatic N) is 4. The Bertz CT molecular complexity index is 528. The van der Waals surface area contributed by atoms with E-state index in [0.29, 0.717) is 10.8 Å². The molecule has 0 aliphatic heterocycles. The molecule has 0 unspecified atom stereocenters. The van der Waals surface area contributed by atoms with Crippen LogP contribution in [0, 0.1) is 0 Å². The van der Waals surface area contributed by atoms with Gasteiger partial charge in [-0.2, -0.15) is 0 Å². The summed E-state index contributed by atoms with van der Waals surface area (Å²) in [7, 11) is 0. The standard InChI is InChI=1S/C13H16ClN5/c1-3-19(4-2)11-7-5-6-10(14)13(11)16-12-8-9-15-18-17-12/h5-9H,3-4H2,1-2H3,(H,15,16,17). The quantitative estimate of drug-likeness (QED) is 0.910. The summed E-state index contributed by atoms with van der Waals surface area (Å²) in [6, 6.07) is 7.59. The molecule has 0 fully saturated rings. The summed E-state index contributed by atoms with van der Waals surface area (Å²) in [4.78, 5) is 2.23. The van der Waals surface area contributed by atoms with Crippen molar-refractivity contribution in [1.82, 2.24) is 15.4 Å². The maximum absolute atomic E-state index is 6.28. The van der Waals surface area contributed by atoms with Gasteiger partial charge in [0, 0.05) is 19.2 Å². The lowest BCUT2D eigenvalue weighted by Crippen LogP contribution is -2.22. The Morgan fingerprint density at radius 1 is 1.21 bits per heavy atom. The third-order valence-corrected chi connectivity index (χ3v) is 3.17. The molecule has 0 saturated heterocycles.